The van der Waals surface area contributed by atoms with E-state index in [0.29, 0.717) is 11.3 Å². The van der Waals surface area contributed by atoms with Gasteiger partial charge in [0.05, 0.1) is 5.92 Å². The number of likely N-dealkylation sites (tertiary alicyclic amines) is 1. The van der Waals surface area contributed by atoms with E-state index in [0.717, 1.165) is 25.6 Å². The Bertz CT molecular complexity index is 516. The summed E-state index contributed by atoms with van der Waals surface area (Å²) in [6.07, 6.45) is 17.3. The second-order valence-corrected chi connectivity index (χ2v) is 9.43. The van der Waals surface area contributed by atoms with Crippen LogP contribution in [0.4, 0.5) is 0 Å². The zero-order valence-corrected chi connectivity index (χ0v) is 19.0. The molecule has 2 heterocycles. The zero-order chi connectivity index (χ0) is 21.3. The summed E-state index contributed by atoms with van der Waals surface area (Å²) in [7, 11) is 0. The third kappa shape index (κ3) is 6.66. The largest absolute Gasteiger partial charge is 0.462 e. The molecule has 0 N–H and O–H groups in total. The fourth-order valence-corrected chi connectivity index (χ4v) is 5.09. The quantitative estimate of drug-likeness (QED) is 0.352. The SMILES string of the molecule is C#C.C=C1CCCC(C)(C)C1CC.CC1C(CN2CCCCC2)C(=O)O[C@@H]1C. The van der Waals surface area contributed by atoms with Crippen LogP contribution in [0.3, 0.4) is 0 Å². The number of rotatable bonds is 3. The van der Waals surface area contributed by atoms with Crippen molar-refractivity contribution in [1.82, 2.24) is 4.90 Å². The number of nitrogens with zero attached hydrogens (tertiary/aromatic N) is 1. The van der Waals surface area contributed by atoms with Gasteiger partial charge in [-0.3, -0.25) is 4.79 Å². The van der Waals surface area contributed by atoms with Gasteiger partial charge in [-0.25, -0.2) is 0 Å². The van der Waals surface area contributed by atoms with Gasteiger partial charge in [0.1, 0.15) is 6.10 Å². The zero-order valence-electron chi connectivity index (χ0n) is 19.0. The maximum atomic E-state index is 11.6. The number of esters is 1. The molecule has 2 saturated heterocycles. The number of carbonyl (C=O) groups is 1. The highest BCUT2D eigenvalue weighted by Gasteiger charge is 2.40. The van der Waals surface area contributed by atoms with E-state index in [2.05, 4.69) is 52.0 Å². The van der Waals surface area contributed by atoms with Gasteiger partial charge in [-0.2, -0.15) is 0 Å². The van der Waals surface area contributed by atoms with Gasteiger partial charge in [-0.05, 0) is 69.9 Å². The predicted octanol–water partition coefficient (Wildman–Crippen LogP) is 5.70. The number of hydrogen-bond acceptors (Lipinski definition) is 3. The molecular formula is C25H43NO2. The van der Waals surface area contributed by atoms with Crippen molar-refractivity contribution in [3.63, 3.8) is 0 Å². The molecule has 3 nitrogen and oxygen atoms in total. The van der Waals surface area contributed by atoms with E-state index in [9.17, 15) is 4.79 Å². The number of cyclic esters (lactones) is 1. The molecule has 0 aromatic carbocycles. The van der Waals surface area contributed by atoms with Gasteiger partial charge in [-0.15, -0.1) is 12.8 Å². The summed E-state index contributed by atoms with van der Waals surface area (Å²) in [5, 5.41) is 0. The van der Waals surface area contributed by atoms with Gasteiger partial charge < -0.3 is 9.64 Å². The first-order valence-corrected chi connectivity index (χ1v) is 11.2. The Morgan fingerprint density at radius 1 is 1.14 bits per heavy atom. The fourth-order valence-electron chi connectivity index (χ4n) is 5.09. The number of terminal acetylenes is 1. The molecule has 0 radical (unpaired) electrons. The van der Waals surface area contributed by atoms with E-state index in [4.69, 9.17) is 4.74 Å². The number of piperidine rings is 1. The molecule has 0 amide bonds. The molecule has 0 bridgehead atoms. The number of ether oxygens (including phenoxy) is 1. The van der Waals surface area contributed by atoms with Gasteiger partial charge in [0.25, 0.3) is 0 Å². The van der Waals surface area contributed by atoms with E-state index >= 15 is 0 Å². The summed E-state index contributed by atoms with van der Waals surface area (Å²) >= 11 is 0. The van der Waals surface area contributed by atoms with E-state index in [1.165, 1.54) is 50.5 Å². The molecule has 2 aliphatic heterocycles. The van der Waals surface area contributed by atoms with Crippen molar-refractivity contribution in [1.29, 1.82) is 0 Å². The molecule has 3 fully saturated rings. The van der Waals surface area contributed by atoms with Gasteiger partial charge in [0.2, 0.25) is 0 Å². The van der Waals surface area contributed by atoms with Crippen molar-refractivity contribution < 1.29 is 9.53 Å². The highest BCUT2D eigenvalue weighted by Crippen LogP contribution is 2.44. The summed E-state index contributed by atoms with van der Waals surface area (Å²) < 4.78 is 5.26. The second kappa shape index (κ2) is 11.7. The standard InChI is InChI=1S/C12H21NO2.C11H20.C2H2/c1-9-10(2)15-12(14)11(9)8-13-6-4-3-5-7-13;1-5-10-9(2)7-6-8-11(10,3)4;1-2/h9-11H,3-8H2,1-2H3;10H,2,5-8H2,1,3-4H3;1-2H/t9?,10-,11?;;/m1../s1. The second-order valence-electron chi connectivity index (χ2n) is 9.43. The first-order chi connectivity index (χ1) is 13.3. The number of hydrogen-bond donors (Lipinski definition) is 0. The molecule has 0 spiro atoms. The Hall–Kier alpha value is -1.27. The highest BCUT2D eigenvalue weighted by molar-refractivity contribution is 5.75. The summed E-state index contributed by atoms with van der Waals surface area (Å²) in [5.41, 5.74) is 2.01. The van der Waals surface area contributed by atoms with Crippen LogP contribution in [0.25, 0.3) is 0 Å². The normalized spacial score (nSPS) is 32.4. The molecule has 1 aliphatic carbocycles. The summed E-state index contributed by atoms with van der Waals surface area (Å²) in [4.78, 5) is 14.0. The molecule has 3 unspecified atom stereocenters. The maximum Gasteiger partial charge on any atom is 0.310 e. The average molecular weight is 390 g/mol. The molecule has 3 aliphatic rings. The molecular weight excluding hydrogens is 346 g/mol. The molecule has 1 saturated carbocycles. The van der Waals surface area contributed by atoms with Crippen molar-refractivity contribution in [2.45, 2.75) is 85.7 Å². The van der Waals surface area contributed by atoms with E-state index in [-0.39, 0.29) is 18.0 Å². The summed E-state index contributed by atoms with van der Waals surface area (Å²) in [6.45, 7) is 18.6. The first kappa shape index (κ1) is 24.8. The minimum Gasteiger partial charge on any atom is -0.462 e. The van der Waals surface area contributed by atoms with Crippen molar-refractivity contribution in [3.05, 3.63) is 12.2 Å². The molecule has 0 aromatic heterocycles. The van der Waals surface area contributed by atoms with Crippen molar-refractivity contribution in [2.24, 2.45) is 23.2 Å². The number of carbonyl (C=O) groups excluding carboxylic acids is 1. The smallest absolute Gasteiger partial charge is 0.310 e. The fraction of sp³-hybridized carbons (Fsp3) is 0.800. The Morgan fingerprint density at radius 3 is 2.18 bits per heavy atom. The van der Waals surface area contributed by atoms with E-state index in [1.54, 1.807) is 0 Å². The van der Waals surface area contributed by atoms with Crippen LogP contribution >= 0.6 is 0 Å². The molecule has 4 atom stereocenters. The van der Waals surface area contributed by atoms with Crippen LogP contribution in [-0.2, 0) is 9.53 Å². The van der Waals surface area contributed by atoms with Crippen LogP contribution < -0.4 is 0 Å². The minimum atomic E-state index is 0.0144. The third-order valence-electron chi connectivity index (χ3n) is 7.05. The highest BCUT2D eigenvalue weighted by atomic mass is 16.6. The van der Waals surface area contributed by atoms with Crippen LogP contribution in [0.1, 0.15) is 79.6 Å². The van der Waals surface area contributed by atoms with Crippen LogP contribution in [-0.4, -0.2) is 36.6 Å². The molecule has 3 rings (SSSR count). The van der Waals surface area contributed by atoms with Crippen molar-refractivity contribution in [3.8, 4) is 12.8 Å². The first-order valence-electron chi connectivity index (χ1n) is 11.2. The lowest BCUT2D eigenvalue weighted by Crippen LogP contribution is -2.37. The predicted molar refractivity (Wildman–Crippen MR) is 119 cm³/mol. The topological polar surface area (TPSA) is 29.5 Å². The lowest BCUT2D eigenvalue weighted by Gasteiger charge is -2.39. The molecule has 0 aromatic rings. The Kier molecular flexibility index (Phi) is 10.3. The summed E-state index contributed by atoms with van der Waals surface area (Å²) in [5.74, 6) is 1.27. The maximum absolute atomic E-state index is 11.6. The van der Waals surface area contributed by atoms with Crippen LogP contribution in [0, 0.1) is 36.0 Å². The lowest BCUT2D eigenvalue weighted by atomic mass is 9.66. The average Bonchev–Trinajstić information content (AvgIpc) is 2.90. The molecule has 28 heavy (non-hydrogen) atoms. The van der Waals surface area contributed by atoms with Crippen LogP contribution in [0.15, 0.2) is 12.2 Å². The van der Waals surface area contributed by atoms with Crippen LogP contribution in [0.2, 0.25) is 0 Å². The summed E-state index contributed by atoms with van der Waals surface area (Å²) in [6, 6.07) is 0. The Morgan fingerprint density at radius 2 is 1.75 bits per heavy atom. The van der Waals surface area contributed by atoms with Gasteiger partial charge in [0.15, 0.2) is 0 Å². The number of allylic oxidation sites excluding steroid dienone is 1. The third-order valence-corrected chi connectivity index (χ3v) is 7.05. The van der Waals surface area contributed by atoms with Gasteiger partial charge >= 0.3 is 5.97 Å². The Labute approximate surface area is 174 Å². The van der Waals surface area contributed by atoms with E-state index < -0.39 is 0 Å². The van der Waals surface area contributed by atoms with E-state index in [1.807, 2.05) is 6.92 Å². The molecule has 160 valence electrons. The van der Waals surface area contributed by atoms with Crippen molar-refractivity contribution >= 4 is 5.97 Å². The monoisotopic (exact) mass is 389 g/mol. The van der Waals surface area contributed by atoms with Gasteiger partial charge in [0, 0.05) is 12.5 Å². The van der Waals surface area contributed by atoms with Crippen LogP contribution in [0.5, 0.6) is 0 Å². The molecule has 3 heteroatoms. The minimum absolute atomic E-state index is 0.0144. The van der Waals surface area contributed by atoms with Crippen molar-refractivity contribution in [2.75, 3.05) is 19.6 Å². The van der Waals surface area contributed by atoms with Gasteiger partial charge in [-0.1, -0.05) is 46.3 Å². The lowest BCUT2D eigenvalue weighted by molar-refractivity contribution is -0.144. The Balaban J connectivity index is 0.000000268.